The van der Waals surface area contributed by atoms with Crippen molar-refractivity contribution in [2.24, 2.45) is 29.4 Å². The second-order valence-corrected chi connectivity index (χ2v) is 26.7. The molecular weight excluding hydrogens is 691 g/mol. The van der Waals surface area contributed by atoms with E-state index in [1.54, 1.807) is 0 Å². The van der Waals surface area contributed by atoms with Crippen LogP contribution in [0.2, 0.25) is 23.2 Å². The highest BCUT2D eigenvalue weighted by atomic mass is 28.4. The van der Waals surface area contributed by atoms with Crippen LogP contribution in [-0.4, -0.2) is 47.1 Å². The Bertz CT molecular complexity index is 1510. The molecule has 6 atom stereocenters. The van der Waals surface area contributed by atoms with Gasteiger partial charge in [0.25, 0.3) is 8.32 Å². The van der Waals surface area contributed by atoms with Crippen molar-refractivity contribution in [1.29, 1.82) is 0 Å². The monoisotopic (exact) mass is 759 g/mol. The van der Waals surface area contributed by atoms with Gasteiger partial charge in [-0.25, -0.2) is 0 Å². The van der Waals surface area contributed by atoms with Crippen LogP contribution in [0.15, 0.2) is 91.0 Å². The fourth-order valence-electron chi connectivity index (χ4n) is 7.44. The number of Topliss-reactive ketones (excluding diaryl/α,β-unsaturated/α-hetero) is 1. The van der Waals surface area contributed by atoms with Crippen LogP contribution in [0.5, 0.6) is 0 Å². The Hall–Kier alpha value is -2.89. The molecule has 1 amide bonds. The Morgan fingerprint density at radius 1 is 0.755 bits per heavy atom. The van der Waals surface area contributed by atoms with Crippen molar-refractivity contribution >= 4 is 38.7 Å². The summed E-state index contributed by atoms with van der Waals surface area (Å²) in [5, 5.41) is 2.31. The normalized spacial score (nSPS) is 16.3. The van der Waals surface area contributed by atoms with Gasteiger partial charge < -0.3 is 19.3 Å². The van der Waals surface area contributed by atoms with Crippen LogP contribution in [0.3, 0.4) is 0 Å². The average molecular weight is 760 g/mol. The number of nitrogens with two attached hydrogens (primary N) is 1. The lowest BCUT2D eigenvalue weighted by Crippen LogP contribution is -2.66. The summed E-state index contributed by atoms with van der Waals surface area (Å²) in [5.41, 5.74) is 6.76. The van der Waals surface area contributed by atoms with Gasteiger partial charge in [-0.3, -0.25) is 9.59 Å². The SMILES string of the molecule is CC[C@@H](C[C@H](C)C(=O)[C@@H](C)[C@@H](OCc1ccccc1)[C@@H](C)[C@H](CCO[Si](c1ccccc1)(c1ccccc1)C(C)(C)C)O[Si](C)(C)C(C)(C)C)C(N)=O. The standard InChI is InChI=1S/C45H69NO5Si2/c1-13-37(43(46)48)31-33(2)41(47)35(4)42(49-32-36-23-17-14-18-24-36)34(3)40(51-52(11,12)44(5,6)7)29-30-50-53(45(8,9)10,38-25-19-15-20-26-38)39-27-21-16-22-28-39/h14-28,33-35,37,40,42H,13,29-32H2,1-12H3,(H2,46,48)/t33-,34-,35+,37-,40-,42-/m0/s1. The number of carbonyl (C=O) groups excluding carboxylic acids is 2. The molecule has 0 unspecified atom stereocenters. The third-order valence-electron chi connectivity index (χ3n) is 11.7. The molecule has 0 aromatic heterocycles. The zero-order valence-electron chi connectivity index (χ0n) is 34.8. The lowest BCUT2D eigenvalue weighted by Gasteiger charge is -2.45. The molecule has 53 heavy (non-hydrogen) atoms. The Balaban J connectivity index is 2.05. The smallest absolute Gasteiger partial charge is 0.261 e. The van der Waals surface area contributed by atoms with Gasteiger partial charge in [0.1, 0.15) is 5.78 Å². The number of hydrogen-bond donors (Lipinski definition) is 1. The highest BCUT2D eigenvalue weighted by Crippen LogP contribution is 2.41. The number of ether oxygens (including phenoxy) is 1. The van der Waals surface area contributed by atoms with Crippen molar-refractivity contribution in [2.75, 3.05) is 6.61 Å². The molecule has 2 N–H and O–H groups in total. The molecule has 0 spiro atoms. The van der Waals surface area contributed by atoms with Crippen LogP contribution in [-0.2, 0) is 29.8 Å². The van der Waals surface area contributed by atoms with Crippen LogP contribution < -0.4 is 16.1 Å². The van der Waals surface area contributed by atoms with Crippen molar-refractivity contribution in [2.45, 2.75) is 130 Å². The molecule has 0 heterocycles. The van der Waals surface area contributed by atoms with Gasteiger partial charge in [-0.2, -0.15) is 0 Å². The molecule has 3 aromatic carbocycles. The first-order valence-corrected chi connectivity index (χ1v) is 24.5. The highest BCUT2D eigenvalue weighted by molar-refractivity contribution is 6.99. The largest absolute Gasteiger partial charge is 0.413 e. The first-order valence-electron chi connectivity index (χ1n) is 19.7. The molecule has 0 radical (unpaired) electrons. The van der Waals surface area contributed by atoms with Gasteiger partial charge in [0.05, 0.1) is 18.8 Å². The van der Waals surface area contributed by atoms with Gasteiger partial charge in [0.15, 0.2) is 8.32 Å². The maximum Gasteiger partial charge on any atom is 0.261 e. The van der Waals surface area contributed by atoms with E-state index in [1.165, 1.54) is 10.4 Å². The Kier molecular flexibility index (Phi) is 16.1. The van der Waals surface area contributed by atoms with Gasteiger partial charge in [-0.1, -0.05) is 160 Å². The summed E-state index contributed by atoms with van der Waals surface area (Å²) >= 11 is 0. The molecule has 0 aliphatic rings. The molecule has 8 heteroatoms. The lowest BCUT2D eigenvalue weighted by molar-refractivity contribution is -0.137. The van der Waals surface area contributed by atoms with Gasteiger partial charge in [0.2, 0.25) is 5.91 Å². The van der Waals surface area contributed by atoms with Crippen LogP contribution in [0.4, 0.5) is 0 Å². The molecule has 292 valence electrons. The maximum absolute atomic E-state index is 14.2. The predicted octanol–water partition coefficient (Wildman–Crippen LogP) is 9.31. The number of ketones is 1. The topological polar surface area (TPSA) is 87.8 Å². The lowest BCUT2D eigenvalue weighted by atomic mass is 9.80. The fraction of sp³-hybridized carbons (Fsp3) is 0.556. The zero-order valence-corrected chi connectivity index (χ0v) is 36.8. The van der Waals surface area contributed by atoms with Crippen molar-refractivity contribution in [3.63, 3.8) is 0 Å². The third kappa shape index (κ3) is 11.3. The van der Waals surface area contributed by atoms with Crippen molar-refractivity contribution in [3.8, 4) is 0 Å². The van der Waals surface area contributed by atoms with E-state index in [0.29, 0.717) is 32.5 Å². The van der Waals surface area contributed by atoms with Gasteiger partial charge in [-0.05, 0) is 58.4 Å². The quantitative estimate of drug-likeness (QED) is 0.116. The zero-order chi connectivity index (χ0) is 39.6. The van der Waals surface area contributed by atoms with Gasteiger partial charge in [-0.15, -0.1) is 0 Å². The number of rotatable bonds is 20. The van der Waals surface area contributed by atoms with Gasteiger partial charge >= 0.3 is 0 Å². The molecule has 0 saturated heterocycles. The Morgan fingerprint density at radius 3 is 1.68 bits per heavy atom. The van der Waals surface area contributed by atoms with E-state index in [4.69, 9.17) is 19.3 Å². The summed E-state index contributed by atoms with van der Waals surface area (Å²) in [6.07, 6.45) is 1.04. The second-order valence-electron chi connectivity index (χ2n) is 17.7. The molecule has 0 aliphatic carbocycles. The second kappa shape index (κ2) is 19.1. The molecule has 0 saturated carbocycles. The maximum atomic E-state index is 14.2. The molecule has 6 nitrogen and oxygen atoms in total. The number of benzene rings is 3. The van der Waals surface area contributed by atoms with E-state index in [9.17, 15) is 9.59 Å². The molecule has 0 aliphatic heterocycles. The fourth-order valence-corrected chi connectivity index (χ4v) is 13.5. The number of amides is 1. The molecule has 3 aromatic rings. The van der Waals surface area contributed by atoms with Crippen molar-refractivity contribution in [1.82, 2.24) is 0 Å². The minimum absolute atomic E-state index is 0.0237. The van der Waals surface area contributed by atoms with E-state index >= 15 is 0 Å². The molecule has 3 rings (SSSR count). The molecular formula is C45H69NO5Si2. The number of primary amides is 1. The Labute approximate surface area is 323 Å². The van der Waals surface area contributed by atoms with E-state index in [0.717, 1.165) is 5.56 Å². The number of hydrogen-bond acceptors (Lipinski definition) is 5. The molecule has 0 bridgehead atoms. The third-order valence-corrected chi connectivity index (χ3v) is 21.3. The highest BCUT2D eigenvalue weighted by Gasteiger charge is 2.50. The first kappa shape index (κ1) is 44.5. The van der Waals surface area contributed by atoms with E-state index in [-0.39, 0.29) is 45.6 Å². The molecule has 0 fully saturated rings. The van der Waals surface area contributed by atoms with E-state index in [1.807, 2.05) is 39.0 Å². The van der Waals surface area contributed by atoms with Crippen LogP contribution >= 0.6 is 0 Å². The first-order chi connectivity index (χ1) is 24.8. The summed E-state index contributed by atoms with van der Waals surface area (Å²) in [5.74, 6) is -1.51. The predicted molar refractivity (Wildman–Crippen MR) is 225 cm³/mol. The summed E-state index contributed by atoms with van der Waals surface area (Å²) in [6, 6.07) is 31.6. The van der Waals surface area contributed by atoms with Crippen molar-refractivity contribution < 1.29 is 23.2 Å². The summed E-state index contributed by atoms with van der Waals surface area (Å²) in [4.78, 5) is 26.4. The summed E-state index contributed by atoms with van der Waals surface area (Å²) < 4.78 is 21.6. The Morgan fingerprint density at radius 2 is 1.25 bits per heavy atom. The average Bonchev–Trinajstić information content (AvgIpc) is 3.11. The van der Waals surface area contributed by atoms with Crippen molar-refractivity contribution in [3.05, 3.63) is 96.6 Å². The van der Waals surface area contributed by atoms with E-state index < -0.39 is 28.7 Å². The van der Waals surface area contributed by atoms with Crippen LogP contribution in [0.1, 0.15) is 94.1 Å². The minimum Gasteiger partial charge on any atom is -0.413 e. The van der Waals surface area contributed by atoms with E-state index in [2.05, 4.69) is 134 Å². The summed E-state index contributed by atoms with van der Waals surface area (Å²) in [7, 11) is -5.07. The summed E-state index contributed by atoms with van der Waals surface area (Å²) in [6.45, 7) is 27.2. The van der Waals surface area contributed by atoms with Crippen LogP contribution in [0, 0.1) is 23.7 Å². The minimum atomic E-state index is -2.78. The number of carbonyl (C=O) groups is 2. The van der Waals surface area contributed by atoms with Gasteiger partial charge in [0, 0.05) is 30.3 Å². The van der Waals surface area contributed by atoms with Crippen LogP contribution in [0.25, 0.3) is 0 Å².